The molecular weight excluding hydrogens is 305 g/mol. The van der Waals surface area contributed by atoms with Gasteiger partial charge in [-0.1, -0.05) is 27.5 Å². The first-order valence-electron chi connectivity index (χ1n) is 4.87. The Morgan fingerprint density at radius 2 is 2.12 bits per heavy atom. The second-order valence-corrected chi connectivity index (χ2v) is 4.64. The molecule has 0 aliphatic carbocycles. The van der Waals surface area contributed by atoms with E-state index in [4.69, 9.17) is 21.4 Å². The summed E-state index contributed by atoms with van der Waals surface area (Å²) in [5, 5.41) is 9.67. The van der Waals surface area contributed by atoms with Crippen LogP contribution < -0.4 is 4.74 Å². The lowest BCUT2D eigenvalue weighted by Gasteiger charge is -2.10. The highest BCUT2D eigenvalue weighted by molar-refractivity contribution is 9.10. The molecule has 3 nitrogen and oxygen atoms in total. The van der Waals surface area contributed by atoms with Crippen molar-refractivity contribution in [3.05, 3.63) is 51.7 Å². The van der Waals surface area contributed by atoms with Gasteiger partial charge in [0.05, 0.1) is 11.6 Å². The first-order chi connectivity index (χ1) is 8.20. The van der Waals surface area contributed by atoms with E-state index in [-0.39, 0.29) is 6.61 Å². The summed E-state index contributed by atoms with van der Waals surface area (Å²) in [5.41, 5.74) is 0.614. The number of benzene rings is 1. The third-order valence-electron chi connectivity index (χ3n) is 2.14. The molecule has 1 aromatic carbocycles. The van der Waals surface area contributed by atoms with Gasteiger partial charge in [0.15, 0.2) is 0 Å². The SMILES string of the molecule is OCc1cnccc1Oc1cc(Br)ccc1Cl. The average molecular weight is 315 g/mol. The third kappa shape index (κ3) is 2.97. The molecular formula is C12H9BrClNO2. The molecule has 1 heterocycles. The second kappa shape index (κ2) is 5.49. The quantitative estimate of drug-likeness (QED) is 0.937. The van der Waals surface area contributed by atoms with E-state index in [1.807, 2.05) is 6.07 Å². The molecule has 0 bridgehead atoms. The molecule has 0 atom stereocenters. The molecule has 0 fully saturated rings. The molecule has 1 aromatic heterocycles. The van der Waals surface area contributed by atoms with Crippen LogP contribution in [0.25, 0.3) is 0 Å². The summed E-state index contributed by atoms with van der Waals surface area (Å²) in [6.07, 6.45) is 3.15. The summed E-state index contributed by atoms with van der Waals surface area (Å²) in [6.45, 7) is -0.130. The van der Waals surface area contributed by atoms with E-state index >= 15 is 0 Å². The molecule has 0 saturated heterocycles. The van der Waals surface area contributed by atoms with E-state index in [0.29, 0.717) is 22.1 Å². The Morgan fingerprint density at radius 3 is 2.88 bits per heavy atom. The Morgan fingerprint density at radius 1 is 1.29 bits per heavy atom. The lowest BCUT2D eigenvalue weighted by Crippen LogP contribution is -1.93. The van der Waals surface area contributed by atoms with Crippen LogP contribution >= 0.6 is 27.5 Å². The number of pyridine rings is 1. The predicted molar refractivity (Wildman–Crippen MR) is 69.4 cm³/mol. The van der Waals surface area contributed by atoms with Crippen molar-refractivity contribution in [2.24, 2.45) is 0 Å². The van der Waals surface area contributed by atoms with Crippen LogP contribution in [0.15, 0.2) is 41.1 Å². The van der Waals surface area contributed by atoms with Crippen molar-refractivity contribution in [2.45, 2.75) is 6.61 Å². The lowest BCUT2D eigenvalue weighted by molar-refractivity contribution is 0.276. The van der Waals surface area contributed by atoms with E-state index in [9.17, 15) is 0 Å². The van der Waals surface area contributed by atoms with Crippen molar-refractivity contribution in [1.29, 1.82) is 0 Å². The van der Waals surface area contributed by atoms with Crippen molar-refractivity contribution in [3.8, 4) is 11.5 Å². The van der Waals surface area contributed by atoms with Crippen LogP contribution in [0.1, 0.15) is 5.56 Å². The summed E-state index contributed by atoms with van der Waals surface area (Å²) >= 11 is 9.36. The molecule has 0 amide bonds. The Balaban J connectivity index is 2.34. The zero-order valence-electron chi connectivity index (χ0n) is 8.73. The van der Waals surface area contributed by atoms with Crippen LogP contribution in [0.4, 0.5) is 0 Å². The van der Waals surface area contributed by atoms with E-state index in [1.54, 1.807) is 30.6 Å². The summed E-state index contributed by atoms with van der Waals surface area (Å²) < 4.78 is 6.52. The summed E-state index contributed by atoms with van der Waals surface area (Å²) in [4.78, 5) is 3.92. The van der Waals surface area contributed by atoms with Crippen molar-refractivity contribution < 1.29 is 9.84 Å². The molecule has 0 aliphatic heterocycles. The topological polar surface area (TPSA) is 42.4 Å². The van der Waals surface area contributed by atoms with Gasteiger partial charge in [-0.15, -0.1) is 0 Å². The fraction of sp³-hybridized carbons (Fsp3) is 0.0833. The van der Waals surface area contributed by atoms with Gasteiger partial charge in [0.25, 0.3) is 0 Å². The summed E-state index contributed by atoms with van der Waals surface area (Å²) in [6, 6.07) is 7.02. The number of ether oxygens (including phenoxy) is 1. The largest absolute Gasteiger partial charge is 0.455 e. The van der Waals surface area contributed by atoms with Crippen molar-refractivity contribution in [3.63, 3.8) is 0 Å². The van der Waals surface area contributed by atoms with Gasteiger partial charge < -0.3 is 9.84 Å². The fourth-order valence-corrected chi connectivity index (χ4v) is 1.80. The first kappa shape index (κ1) is 12.4. The molecule has 0 aliphatic rings. The van der Waals surface area contributed by atoms with Crippen LogP contribution in [0.3, 0.4) is 0 Å². The van der Waals surface area contributed by atoms with Crippen LogP contribution in [-0.2, 0) is 6.61 Å². The third-order valence-corrected chi connectivity index (χ3v) is 2.95. The molecule has 0 radical (unpaired) electrons. The van der Waals surface area contributed by atoms with Gasteiger partial charge in [-0.05, 0) is 24.3 Å². The number of nitrogens with zero attached hydrogens (tertiary/aromatic N) is 1. The average Bonchev–Trinajstić information content (AvgIpc) is 2.34. The van der Waals surface area contributed by atoms with Crippen LogP contribution in [0, 0.1) is 0 Å². The molecule has 2 aromatic rings. The maximum Gasteiger partial charge on any atom is 0.147 e. The van der Waals surface area contributed by atoms with Gasteiger partial charge >= 0.3 is 0 Å². The van der Waals surface area contributed by atoms with Crippen LogP contribution in [-0.4, -0.2) is 10.1 Å². The van der Waals surface area contributed by atoms with Gasteiger partial charge in [-0.3, -0.25) is 4.98 Å². The molecule has 88 valence electrons. The number of rotatable bonds is 3. The van der Waals surface area contributed by atoms with Crippen molar-refractivity contribution in [2.75, 3.05) is 0 Å². The Labute approximate surface area is 112 Å². The summed E-state index contributed by atoms with van der Waals surface area (Å²) in [5.74, 6) is 1.07. The van der Waals surface area contributed by atoms with E-state index in [1.165, 1.54) is 0 Å². The maximum absolute atomic E-state index is 9.16. The molecule has 2 rings (SSSR count). The smallest absolute Gasteiger partial charge is 0.147 e. The number of hydrogen-bond acceptors (Lipinski definition) is 3. The zero-order chi connectivity index (χ0) is 12.3. The Hall–Kier alpha value is -1.10. The molecule has 0 spiro atoms. The molecule has 0 unspecified atom stereocenters. The van der Waals surface area contributed by atoms with Crippen LogP contribution in [0.5, 0.6) is 11.5 Å². The highest BCUT2D eigenvalue weighted by atomic mass is 79.9. The number of aliphatic hydroxyl groups is 1. The first-order valence-corrected chi connectivity index (χ1v) is 6.04. The molecule has 0 saturated carbocycles. The minimum absolute atomic E-state index is 0.130. The minimum Gasteiger partial charge on any atom is -0.455 e. The Kier molecular flexibility index (Phi) is 3.99. The van der Waals surface area contributed by atoms with E-state index < -0.39 is 0 Å². The Bertz CT molecular complexity index is 534. The number of halogens is 2. The van der Waals surface area contributed by atoms with E-state index in [0.717, 1.165) is 4.47 Å². The second-order valence-electron chi connectivity index (χ2n) is 3.32. The van der Waals surface area contributed by atoms with E-state index in [2.05, 4.69) is 20.9 Å². The van der Waals surface area contributed by atoms with Gasteiger partial charge in [0, 0.05) is 22.4 Å². The fourth-order valence-electron chi connectivity index (χ4n) is 1.31. The summed E-state index contributed by atoms with van der Waals surface area (Å²) in [7, 11) is 0. The highest BCUT2D eigenvalue weighted by Crippen LogP contribution is 2.33. The normalized spacial score (nSPS) is 10.3. The number of hydrogen-bond donors (Lipinski definition) is 1. The van der Waals surface area contributed by atoms with Gasteiger partial charge in [-0.2, -0.15) is 0 Å². The van der Waals surface area contributed by atoms with Crippen LogP contribution in [0.2, 0.25) is 5.02 Å². The molecule has 17 heavy (non-hydrogen) atoms. The zero-order valence-corrected chi connectivity index (χ0v) is 11.1. The van der Waals surface area contributed by atoms with Crippen molar-refractivity contribution in [1.82, 2.24) is 4.98 Å². The standard InChI is InChI=1S/C12H9BrClNO2/c13-9-1-2-10(14)12(5-9)17-11-3-4-15-6-8(11)7-16/h1-6,16H,7H2. The van der Waals surface area contributed by atoms with Gasteiger partial charge in [-0.25, -0.2) is 0 Å². The molecule has 5 heteroatoms. The highest BCUT2D eigenvalue weighted by Gasteiger charge is 2.07. The number of aliphatic hydroxyl groups excluding tert-OH is 1. The monoisotopic (exact) mass is 313 g/mol. The van der Waals surface area contributed by atoms with Gasteiger partial charge in [0.1, 0.15) is 11.5 Å². The maximum atomic E-state index is 9.16. The predicted octanol–water partition coefficient (Wildman–Crippen LogP) is 3.78. The van der Waals surface area contributed by atoms with Crippen molar-refractivity contribution >= 4 is 27.5 Å². The van der Waals surface area contributed by atoms with Gasteiger partial charge in [0.2, 0.25) is 0 Å². The number of aromatic nitrogens is 1. The lowest BCUT2D eigenvalue weighted by atomic mass is 10.2. The molecule has 1 N–H and O–H groups in total. The minimum atomic E-state index is -0.130.